The molecule has 0 heteroatoms. The molecule has 0 heterocycles. The highest BCUT2D eigenvalue weighted by molar-refractivity contribution is 6.23. The van der Waals surface area contributed by atoms with E-state index in [1.54, 1.807) is 0 Å². The first-order valence-corrected chi connectivity index (χ1v) is 27.9. The topological polar surface area (TPSA) is 0 Å². The van der Waals surface area contributed by atoms with Crippen molar-refractivity contribution in [3.05, 3.63) is 293 Å². The van der Waals surface area contributed by atoms with Crippen LogP contribution in [0.5, 0.6) is 0 Å². The molecule has 0 unspecified atom stereocenters. The summed E-state index contributed by atoms with van der Waals surface area (Å²) in [5, 5.41) is 5.05. The van der Waals surface area contributed by atoms with Crippen LogP contribution in [0.2, 0.25) is 0 Å². The molecule has 0 saturated carbocycles. The lowest BCUT2D eigenvalue weighted by atomic mass is 9.70. The zero-order valence-corrected chi connectivity index (χ0v) is 45.2. The summed E-state index contributed by atoms with van der Waals surface area (Å²) in [6, 6.07) is 80.1. The van der Waals surface area contributed by atoms with Crippen molar-refractivity contribution >= 4 is 27.1 Å². The minimum Gasteiger partial charge on any atom is -0.0987 e. The van der Waals surface area contributed by atoms with Gasteiger partial charge in [0.15, 0.2) is 0 Å². The number of allylic oxidation sites excluding steroid dienone is 4. The zero-order chi connectivity index (χ0) is 52.8. The Kier molecular flexibility index (Phi) is 8.97. The number of benzene rings is 11. The van der Waals surface area contributed by atoms with Crippen LogP contribution in [0.4, 0.5) is 0 Å². The SMILES string of the molecule is C=CC1=C(C=C)C(C)(C)c2cc(-c3c4ccc(-c5ccc6c(c5)C5(c7ccccc7-c7ccccc75)c5ccccc5-6)cc4c(-c4ccc5c(c4)C(C)(C)c4ccccc4-5)c4cc5c(cc34)-c3ccccc3C5(C)C)ccc21. The third-order valence-corrected chi connectivity index (χ3v) is 19.7. The molecule has 5 aliphatic rings. The minimum atomic E-state index is -0.437. The van der Waals surface area contributed by atoms with Gasteiger partial charge < -0.3 is 0 Å². The Morgan fingerprint density at radius 2 is 0.641 bits per heavy atom. The second kappa shape index (κ2) is 15.4. The number of fused-ring (bicyclic) bond motifs is 19. The summed E-state index contributed by atoms with van der Waals surface area (Å²) in [5.74, 6) is 0. The van der Waals surface area contributed by atoms with Crippen LogP contribution >= 0.6 is 0 Å². The van der Waals surface area contributed by atoms with Gasteiger partial charge >= 0.3 is 0 Å². The molecule has 0 aromatic heterocycles. The normalized spacial score (nSPS) is 16.3. The third kappa shape index (κ3) is 5.55. The maximum atomic E-state index is 4.32. The van der Waals surface area contributed by atoms with Gasteiger partial charge in [-0.2, -0.15) is 0 Å². The predicted octanol–water partition coefficient (Wildman–Crippen LogP) is 20.4. The van der Waals surface area contributed by atoms with Gasteiger partial charge in [-0.05, 0) is 203 Å². The van der Waals surface area contributed by atoms with Crippen LogP contribution < -0.4 is 0 Å². The van der Waals surface area contributed by atoms with E-state index in [4.69, 9.17) is 0 Å². The van der Waals surface area contributed by atoms with Crippen molar-refractivity contribution in [3.8, 4) is 77.9 Å². The van der Waals surface area contributed by atoms with E-state index < -0.39 is 5.41 Å². The summed E-state index contributed by atoms with van der Waals surface area (Å²) in [6.45, 7) is 23.0. The highest BCUT2D eigenvalue weighted by atomic mass is 14.5. The van der Waals surface area contributed by atoms with E-state index in [-0.39, 0.29) is 16.2 Å². The molecular formula is C78H58. The van der Waals surface area contributed by atoms with E-state index in [2.05, 4.69) is 261 Å². The molecule has 0 atom stereocenters. The van der Waals surface area contributed by atoms with Crippen molar-refractivity contribution in [1.29, 1.82) is 0 Å². The van der Waals surface area contributed by atoms with Crippen molar-refractivity contribution < 1.29 is 0 Å². The number of rotatable bonds is 5. The van der Waals surface area contributed by atoms with Gasteiger partial charge in [-0.15, -0.1) is 0 Å². The van der Waals surface area contributed by atoms with Crippen molar-refractivity contribution in [1.82, 2.24) is 0 Å². The summed E-state index contributed by atoms with van der Waals surface area (Å²) in [4.78, 5) is 0. The third-order valence-electron chi connectivity index (χ3n) is 19.7. The van der Waals surface area contributed by atoms with Crippen LogP contribution in [0.25, 0.3) is 105 Å². The molecule has 0 aliphatic heterocycles. The summed E-state index contributed by atoms with van der Waals surface area (Å²) in [6.07, 6.45) is 4.06. The molecule has 0 amide bonds. The van der Waals surface area contributed by atoms with E-state index >= 15 is 0 Å². The summed E-state index contributed by atoms with van der Waals surface area (Å²) >= 11 is 0. The van der Waals surface area contributed by atoms with Gasteiger partial charge in [0.25, 0.3) is 0 Å². The predicted molar refractivity (Wildman–Crippen MR) is 330 cm³/mol. The molecule has 11 aromatic carbocycles. The first-order chi connectivity index (χ1) is 37.9. The second-order valence-corrected chi connectivity index (χ2v) is 24.3. The van der Waals surface area contributed by atoms with Crippen LogP contribution in [0.1, 0.15) is 97.2 Å². The fourth-order valence-electron chi connectivity index (χ4n) is 16.0. The molecule has 0 nitrogen and oxygen atoms in total. The van der Waals surface area contributed by atoms with E-state index in [1.807, 2.05) is 12.2 Å². The molecule has 1 spiro atoms. The van der Waals surface area contributed by atoms with Crippen LogP contribution in [0.15, 0.2) is 237 Å². The molecule has 5 aliphatic carbocycles. The fourth-order valence-corrected chi connectivity index (χ4v) is 16.0. The first kappa shape index (κ1) is 45.4. The van der Waals surface area contributed by atoms with Crippen molar-refractivity contribution in [2.75, 3.05) is 0 Å². The van der Waals surface area contributed by atoms with E-state index in [1.165, 1.54) is 166 Å². The van der Waals surface area contributed by atoms with Gasteiger partial charge in [0.05, 0.1) is 5.41 Å². The number of hydrogen-bond acceptors (Lipinski definition) is 0. The molecule has 0 saturated heterocycles. The lowest BCUT2D eigenvalue weighted by Gasteiger charge is -2.30. The lowest BCUT2D eigenvalue weighted by molar-refractivity contribution is 0.655. The van der Waals surface area contributed by atoms with Crippen molar-refractivity contribution in [2.24, 2.45) is 0 Å². The summed E-state index contributed by atoms with van der Waals surface area (Å²) < 4.78 is 0. The Morgan fingerprint density at radius 3 is 1.19 bits per heavy atom. The highest BCUT2D eigenvalue weighted by Crippen LogP contribution is 2.64. The smallest absolute Gasteiger partial charge is 0.0725 e. The van der Waals surface area contributed by atoms with Crippen LogP contribution in [0.3, 0.4) is 0 Å². The molecule has 0 N–H and O–H groups in total. The first-order valence-electron chi connectivity index (χ1n) is 27.9. The Bertz CT molecular complexity index is 4550. The number of hydrogen-bond donors (Lipinski definition) is 0. The summed E-state index contributed by atoms with van der Waals surface area (Å²) in [5.41, 5.74) is 32.9. The second-order valence-electron chi connectivity index (χ2n) is 24.3. The quantitative estimate of drug-likeness (QED) is 0.151. The van der Waals surface area contributed by atoms with Gasteiger partial charge in [0, 0.05) is 16.2 Å². The van der Waals surface area contributed by atoms with Crippen molar-refractivity contribution in [2.45, 2.75) is 63.2 Å². The Labute approximate surface area is 458 Å². The fraction of sp³-hybridized carbons (Fsp3) is 0.128. The molecule has 0 radical (unpaired) electrons. The van der Waals surface area contributed by atoms with Gasteiger partial charge in [-0.25, -0.2) is 0 Å². The molecule has 0 bridgehead atoms. The summed E-state index contributed by atoms with van der Waals surface area (Å²) in [7, 11) is 0. The standard InChI is InChI=1S/C78H58/c1-9-49-55-36-33-47(41-69(55)75(3,4)63(49)10-2)73-58-38-32-45(46-31-35-57-53-24-15-20-30-68(53)78(72(57)40-46)66-28-18-13-22-51(66)52-23-14-19-29-67(52)78)39-60(58)74(48-34-37-56-50-21-11-16-26-64(50)76(5,6)70(56)42-48)62-44-71-59(43-61(62)73)54-25-12-17-27-65(54)77(71,7)8/h9-44H,1-2H2,3-8H3. The maximum absolute atomic E-state index is 4.32. The minimum absolute atomic E-state index is 0.168. The van der Waals surface area contributed by atoms with Crippen LogP contribution in [-0.2, 0) is 21.7 Å². The van der Waals surface area contributed by atoms with Gasteiger partial charge in [-0.3, -0.25) is 0 Å². The largest absolute Gasteiger partial charge is 0.0987 e. The van der Waals surface area contributed by atoms with Gasteiger partial charge in [0.2, 0.25) is 0 Å². The Hall–Kier alpha value is -8.84. The maximum Gasteiger partial charge on any atom is 0.0725 e. The highest BCUT2D eigenvalue weighted by Gasteiger charge is 2.51. The Balaban J connectivity index is 1.01. The van der Waals surface area contributed by atoms with E-state index in [0.29, 0.717) is 0 Å². The molecule has 16 rings (SSSR count). The van der Waals surface area contributed by atoms with Crippen LogP contribution in [-0.4, -0.2) is 0 Å². The van der Waals surface area contributed by atoms with Gasteiger partial charge in [0.1, 0.15) is 0 Å². The Morgan fingerprint density at radius 1 is 0.269 bits per heavy atom. The molecular weight excluding hydrogens is 937 g/mol. The monoisotopic (exact) mass is 994 g/mol. The average Bonchev–Trinajstić information content (AvgIpc) is 4.23. The molecule has 370 valence electrons. The zero-order valence-electron chi connectivity index (χ0n) is 45.2. The molecule has 0 fully saturated rings. The average molecular weight is 995 g/mol. The lowest BCUT2D eigenvalue weighted by Crippen LogP contribution is -2.25. The van der Waals surface area contributed by atoms with E-state index in [9.17, 15) is 0 Å². The van der Waals surface area contributed by atoms with E-state index in [0.717, 1.165) is 0 Å². The van der Waals surface area contributed by atoms with Crippen molar-refractivity contribution in [3.63, 3.8) is 0 Å². The molecule has 11 aromatic rings. The molecule has 78 heavy (non-hydrogen) atoms. The van der Waals surface area contributed by atoms with Crippen LogP contribution in [0, 0.1) is 0 Å². The van der Waals surface area contributed by atoms with Gasteiger partial charge in [-0.1, -0.05) is 237 Å².